The number of hydrogen-bond donors (Lipinski definition) is 0. The zero-order chi connectivity index (χ0) is 32.0. The minimum absolute atomic E-state index is 0.197. The second kappa shape index (κ2) is 14.2. The van der Waals surface area contributed by atoms with Crippen LogP contribution in [0, 0.1) is 18.6 Å². The van der Waals surface area contributed by atoms with E-state index in [1.807, 2.05) is 31.4 Å². The van der Waals surface area contributed by atoms with Crippen molar-refractivity contribution in [3.63, 3.8) is 0 Å². The zero-order valence-electron chi connectivity index (χ0n) is 26.7. The molecular formula is C38H43F2N3OS. The monoisotopic (exact) mass is 627 g/mol. The molecule has 4 nitrogen and oxygen atoms in total. The maximum absolute atomic E-state index is 14.5. The van der Waals surface area contributed by atoms with Gasteiger partial charge in [0.25, 0.3) is 5.91 Å². The Labute approximate surface area is 270 Å². The van der Waals surface area contributed by atoms with Crippen LogP contribution in [-0.4, -0.2) is 47.7 Å². The van der Waals surface area contributed by atoms with Gasteiger partial charge in [0, 0.05) is 6.54 Å². The second-order valence-electron chi connectivity index (χ2n) is 11.7. The smallest absolute Gasteiger partial charge is 0.265 e. The molecule has 0 atom stereocenters. The van der Waals surface area contributed by atoms with Crippen LogP contribution >= 0.6 is 11.3 Å². The van der Waals surface area contributed by atoms with Gasteiger partial charge in [0.15, 0.2) is 5.54 Å². The average molecular weight is 628 g/mol. The molecule has 4 aromatic rings. The van der Waals surface area contributed by atoms with Crippen LogP contribution in [0.25, 0.3) is 0 Å². The molecule has 0 unspecified atom stereocenters. The van der Waals surface area contributed by atoms with E-state index in [4.69, 9.17) is 4.99 Å². The van der Waals surface area contributed by atoms with Crippen molar-refractivity contribution >= 4 is 23.1 Å². The summed E-state index contributed by atoms with van der Waals surface area (Å²) in [6, 6.07) is 24.5. The summed E-state index contributed by atoms with van der Waals surface area (Å²) in [5.74, 6) is -0.369. The molecular weight excluding hydrogens is 585 g/mol. The van der Waals surface area contributed by atoms with Crippen molar-refractivity contribution in [2.45, 2.75) is 64.3 Å². The SMILES string of the molecule is CC.CCC1(c2ccccc2C)CCN(CCCN2C(=O)C(c3ccc(F)cc3)(c3ccc(F)cc3)N=C2c2cccs2)CC1. The molecule has 2 aliphatic heterocycles. The van der Waals surface area contributed by atoms with E-state index in [0.29, 0.717) is 23.5 Å². The number of amidine groups is 1. The summed E-state index contributed by atoms with van der Waals surface area (Å²) < 4.78 is 27.9. The van der Waals surface area contributed by atoms with Gasteiger partial charge in [0.1, 0.15) is 17.5 Å². The highest BCUT2D eigenvalue weighted by molar-refractivity contribution is 7.12. The Morgan fingerprint density at radius 2 is 1.42 bits per heavy atom. The molecule has 6 rings (SSSR count). The first-order valence-electron chi connectivity index (χ1n) is 16.1. The largest absolute Gasteiger partial charge is 0.303 e. The van der Waals surface area contributed by atoms with Gasteiger partial charge in [-0.25, -0.2) is 13.8 Å². The van der Waals surface area contributed by atoms with E-state index in [1.165, 1.54) is 46.7 Å². The van der Waals surface area contributed by atoms with Crippen molar-refractivity contribution in [1.29, 1.82) is 0 Å². The Kier molecular flexibility index (Phi) is 10.3. The first kappa shape index (κ1) is 32.7. The molecule has 0 radical (unpaired) electrons. The van der Waals surface area contributed by atoms with E-state index in [1.54, 1.807) is 29.2 Å². The summed E-state index contributed by atoms with van der Waals surface area (Å²) in [7, 11) is 0. The fourth-order valence-electron chi connectivity index (χ4n) is 6.92. The van der Waals surface area contributed by atoms with E-state index in [9.17, 15) is 13.6 Å². The molecule has 0 bridgehead atoms. The molecule has 0 spiro atoms. The molecule has 3 aromatic carbocycles. The fraction of sp³-hybridized carbons (Fsp3) is 0.368. The third-order valence-corrected chi connectivity index (χ3v) is 10.3. The fourth-order valence-corrected chi connectivity index (χ4v) is 7.65. The summed E-state index contributed by atoms with van der Waals surface area (Å²) in [4.78, 5) is 24.8. The number of benzene rings is 3. The van der Waals surface area contributed by atoms with Crippen molar-refractivity contribution in [1.82, 2.24) is 9.80 Å². The zero-order valence-corrected chi connectivity index (χ0v) is 27.5. The van der Waals surface area contributed by atoms with Gasteiger partial charge in [-0.15, -0.1) is 11.3 Å². The van der Waals surface area contributed by atoms with Gasteiger partial charge in [-0.05, 0) is 116 Å². The van der Waals surface area contributed by atoms with Gasteiger partial charge in [-0.1, -0.05) is 75.4 Å². The van der Waals surface area contributed by atoms with Crippen molar-refractivity contribution in [2.75, 3.05) is 26.2 Å². The number of aryl methyl sites for hydroxylation is 1. The first-order valence-corrected chi connectivity index (χ1v) is 17.0. The summed E-state index contributed by atoms with van der Waals surface area (Å²) in [6.07, 6.45) is 4.17. The maximum atomic E-state index is 14.5. The van der Waals surface area contributed by atoms with Crippen LogP contribution in [0.15, 0.2) is 95.3 Å². The number of piperidine rings is 1. The number of carbonyl (C=O) groups is 1. The molecule has 7 heteroatoms. The molecule has 45 heavy (non-hydrogen) atoms. The van der Waals surface area contributed by atoms with E-state index in [2.05, 4.69) is 43.0 Å². The van der Waals surface area contributed by atoms with E-state index >= 15 is 0 Å². The van der Waals surface area contributed by atoms with Crippen LogP contribution in [0.4, 0.5) is 8.78 Å². The average Bonchev–Trinajstić information content (AvgIpc) is 3.71. The summed E-state index contributed by atoms with van der Waals surface area (Å²) in [5, 5.41) is 1.97. The normalized spacial score (nSPS) is 17.5. The highest BCUT2D eigenvalue weighted by Gasteiger charge is 2.51. The standard InChI is InChI=1S/C36H37F2N3OS.C2H6/c1-3-35(31-9-5-4-8-26(31)2)19-23-40(24-20-35)21-7-22-41-33(32-10-6-25-43-32)39-36(34(41)42,27-11-15-29(37)16-12-27)28-13-17-30(38)18-14-28;1-2/h4-6,8-18,25H,3,7,19-24H2,1-2H3;1-2H3. The molecule has 1 amide bonds. The third kappa shape index (κ3) is 6.38. The van der Waals surface area contributed by atoms with E-state index in [-0.39, 0.29) is 23.0 Å². The van der Waals surface area contributed by atoms with Gasteiger partial charge >= 0.3 is 0 Å². The van der Waals surface area contributed by atoms with Gasteiger partial charge in [0.05, 0.1) is 4.88 Å². The predicted octanol–water partition coefficient (Wildman–Crippen LogP) is 8.73. The topological polar surface area (TPSA) is 35.9 Å². The lowest BCUT2D eigenvalue weighted by Crippen LogP contribution is -2.45. The molecule has 0 N–H and O–H groups in total. The second-order valence-corrected chi connectivity index (χ2v) is 12.7. The van der Waals surface area contributed by atoms with E-state index in [0.717, 1.165) is 50.2 Å². The first-order chi connectivity index (χ1) is 21.9. The van der Waals surface area contributed by atoms with Crippen molar-refractivity contribution in [2.24, 2.45) is 4.99 Å². The van der Waals surface area contributed by atoms with Crippen molar-refractivity contribution in [3.8, 4) is 0 Å². The van der Waals surface area contributed by atoms with Crippen LogP contribution in [0.1, 0.15) is 73.6 Å². The quantitative estimate of drug-likeness (QED) is 0.186. The molecule has 1 fully saturated rings. The number of halogens is 2. The predicted molar refractivity (Wildman–Crippen MR) is 181 cm³/mol. The number of hydrogen-bond acceptors (Lipinski definition) is 4. The minimum Gasteiger partial charge on any atom is -0.303 e. The lowest BCUT2D eigenvalue weighted by Gasteiger charge is -2.43. The Bertz CT molecular complexity index is 1550. The summed E-state index contributed by atoms with van der Waals surface area (Å²) >= 11 is 1.53. The van der Waals surface area contributed by atoms with Crippen LogP contribution in [0.5, 0.6) is 0 Å². The third-order valence-electron chi connectivity index (χ3n) is 9.41. The molecule has 0 aliphatic carbocycles. The van der Waals surface area contributed by atoms with E-state index < -0.39 is 5.54 Å². The van der Waals surface area contributed by atoms with Gasteiger partial charge in [0.2, 0.25) is 0 Å². The number of nitrogens with zero attached hydrogens (tertiary/aromatic N) is 3. The number of amides is 1. The molecule has 0 saturated carbocycles. The molecule has 2 aliphatic rings. The number of aliphatic imine (C=N–C) groups is 1. The summed E-state index contributed by atoms with van der Waals surface area (Å²) in [5.41, 5.74) is 2.77. The van der Waals surface area contributed by atoms with Crippen LogP contribution in [0.2, 0.25) is 0 Å². The number of carbonyl (C=O) groups excluding carboxylic acids is 1. The highest BCUT2D eigenvalue weighted by Crippen LogP contribution is 2.43. The molecule has 3 heterocycles. The number of rotatable bonds is 9. The maximum Gasteiger partial charge on any atom is 0.265 e. The molecule has 236 valence electrons. The molecule has 1 aromatic heterocycles. The van der Waals surface area contributed by atoms with Crippen LogP contribution in [0.3, 0.4) is 0 Å². The van der Waals surface area contributed by atoms with Gasteiger partial charge in [-0.2, -0.15) is 0 Å². The Morgan fingerprint density at radius 1 is 0.822 bits per heavy atom. The van der Waals surface area contributed by atoms with Crippen molar-refractivity contribution < 1.29 is 13.6 Å². The minimum atomic E-state index is -1.42. The number of likely N-dealkylation sites (tertiary alicyclic amines) is 1. The molecule has 1 saturated heterocycles. The number of thiophene rings is 1. The van der Waals surface area contributed by atoms with Crippen LogP contribution < -0.4 is 0 Å². The Balaban J connectivity index is 0.00000196. The highest BCUT2D eigenvalue weighted by atomic mass is 32.1. The van der Waals surface area contributed by atoms with Gasteiger partial charge in [-0.3, -0.25) is 9.69 Å². The Morgan fingerprint density at radius 3 is 1.96 bits per heavy atom. The van der Waals surface area contributed by atoms with Crippen molar-refractivity contribution in [3.05, 3.63) is 129 Å². The lowest BCUT2D eigenvalue weighted by atomic mass is 9.69. The Hall–Kier alpha value is -3.68. The lowest BCUT2D eigenvalue weighted by molar-refractivity contribution is -0.130. The van der Waals surface area contributed by atoms with Gasteiger partial charge < -0.3 is 4.90 Å². The summed E-state index contributed by atoms with van der Waals surface area (Å²) in [6.45, 7) is 12.0. The van der Waals surface area contributed by atoms with Crippen LogP contribution in [-0.2, 0) is 15.7 Å².